The molecule has 5 nitrogen and oxygen atoms in total. The Hall–Kier alpha value is -1.54. The lowest BCUT2D eigenvalue weighted by Crippen LogP contribution is -2.33. The van der Waals surface area contributed by atoms with Crippen molar-refractivity contribution in [2.24, 2.45) is 0 Å². The van der Waals surface area contributed by atoms with Crippen molar-refractivity contribution in [3.8, 4) is 0 Å². The third-order valence-corrected chi connectivity index (χ3v) is 3.38. The summed E-state index contributed by atoms with van der Waals surface area (Å²) in [7, 11) is -3.49. The number of anilines is 1. The van der Waals surface area contributed by atoms with E-state index >= 15 is 0 Å². The van der Waals surface area contributed by atoms with Gasteiger partial charge in [-0.2, -0.15) is 0 Å². The topological polar surface area (TPSA) is 75.3 Å². The lowest BCUT2D eigenvalue weighted by molar-refractivity contribution is -0.115. The predicted octanol–water partition coefficient (Wildman–Crippen LogP) is 0.843. The summed E-state index contributed by atoms with van der Waals surface area (Å²) in [5.74, 6) is -2.60. The van der Waals surface area contributed by atoms with E-state index < -0.39 is 34.1 Å². The Labute approximate surface area is 103 Å². The van der Waals surface area contributed by atoms with Gasteiger partial charge in [0.2, 0.25) is 15.9 Å². The summed E-state index contributed by atoms with van der Waals surface area (Å²) in [5, 5.41) is 2.13. The third kappa shape index (κ3) is 4.38. The molecule has 0 aromatic heterocycles. The van der Waals surface area contributed by atoms with Crippen molar-refractivity contribution in [1.29, 1.82) is 0 Å². The number of nitrogens with one attached hydrogen (secondary N) is 2. The van der Waals surface area contributed by atoms with Crippen LogP contribution in [0.4, 0.5) is 14.5 Å². The van der Waals surface area contributed by atoms with Gasteiger partial charge in [-0.05, 0) is 19.1 Å². The fourth-order valence-electron chi connectivity index (χ4n) is 1.06. The molecule has 0 aliphatic rings. The molecule has 0 aliphatic heterocycles. The SMILES string of the molecule is CCS(=O)(=O)NCC(=O)Nc1ccc(F)cc1F. The molecule has 2 N–H and O–H groups in total. The minimum absolute atomic E-state index is 0.162. The van der Waals surface area contributed by atoms with E-state index in [9.17, 15) is 22.0 Å². The van der Waals surface area contributed by atoms with Gasteiger partial charge in [-0.3, -0.25) is 4.79 Å². The summed E-state index contributed by atoms with van der Waals surface area (Å²) < 4.78 is 49.9. The van der Waals surface area contributed by atoms with E-state index in [1.54, 1.807) is 0 Å². The highest BCUT2D eigenvalue weighted by molar-refractivity contribution is 7.89. The number of hydrogen-bond acceptors (Lipinski definition) is 3. The van der Waals surface area contributed by atoms with E-state index in [2.05, 4.69) is 5.32 Å². The first-order chi connectivity index (χ1) is 8.34. The van der Waals surface area contributed by atoms with Crippen molar-refractivity contribution in [2.75, 3.05) is 17.6 Å². The maximum absolute atomic E-state index is 13.2. The summed E-state index contributed by atoms with van der Waals surface area (Å²) in [5.41, 5.74) is -0.211. The minimum atomic E-state index is -3.49. The number of carbonyl (C=O) groups is 1. The molecule has 1 aromatic rings. The van der Waals surface area contributed by atoms with Gasteiger partial charge in [0.05, 0.1) is 18.0 Å². The lowest BCUT2D eigenvalue weighted by atomic mass is 10.3. The van der Waals surface area contributed by atoms with Gasteiger partial charge in [-0.15, -0.1) is 0 Å². The molecule has 18 heavy (non-hydrogen) atoms. The molecule has 0 radical (unpaired) electrons. The molecule has 0 heterocycles. The Bertz CT molecular complexity index is 546. The van der Waals surface area contributed by atoms with E-state index in [1.165, 1.54) is 6.92 Å². The van der Waals surface area contributed by atoms with Gasteiger partial charge in [-0.25, -0.2) is 21.9 Å². The van der Waals surface area contributed by atoms with Crippen molar-refractivity contribution < 1.29 is 22.0 Å². The van der Waals surface area contributed by atoms with Gasteiger partial charge in [-0.1, -0.05) is 0 Å². The summed E-state index contributed by atoms with van der Waals surface area (Å²) in [6.07, 6.45) is 0. The second kappa shape index (κ2) is 5.87. The normalized spacial score (nSPS) is 11.3. The second-order valence-electron chi connectivity index (χ2n) is 3.40. The number of halogens is 2. The summed E-state index contributed by atoms with van der Waals surface area (Å²) in [6, 6.07) is 2.65. The Kier molecular flexibility index (Phi) is 4.74. The maximum Gasteiger partial charge on any atom is 0.239 e. The number of hydrogen-bond donors (Lipinski definition) is 2. The van der Waals surface area contributed by atoms with Crippen molar-refractivity contribution in [1.82, 2.24) is 4.72 Å². The Morgan fingerprint density at radius 2 is 2.00 bits per heavy atom. The average Bonchev–Trinajstić information content (AvgIpc) is 2.30. The van der Waals surface area contributed by atoms with E-state index in [4.69, 9.17) is 0 Å². The molecule has 0 saturated carbocycles. The summed E-state index contributed by atoms with van der Waals surface area (Å²) in [4.78, 5) is 11.3. The molecule has 8 heteroatoms. The van der Waals surface area contributed by atoms with Crippen molar-refractivity contribution >= 4 is 21.6 Å². The van der Waals surface area contributed by atoms with Gasteiger partial charge < -0.3 is 5.32 Å². The van der Waals surface area contributed by atoms with Gasteiger partial charge in [0.25, 0.3) is 0 Å². The number of sulfonamides is 1. The molecular weight excluding hydrogens is 266 g/mol. The molecule has 1 amide bonds. The van der Waals surface area contributed by atoms with E-state index in [0.29, 0.717) is 6.07 Å². The first-order valence-electron chi connectivity index (χ1n) is 5.06. The molecule has 0 fully saturated rings. The molecule has 1 aromatic carbocycles. The molecule has 1 rings (SSSR count). The monoisotopic (exact) mass is 278 g/mol. The molecule has 0 saturated heterocycles. The van der Waals surface area contributed by atoms with Crippen LogP contribution in [-0.4, -0.2) is 26.6 Å². The average molecular weight is 278 g/mol. The molecular formula is C10H12F2N2O3S. The second-order valence-corrected chi connectivity index (χ2v) is 5.49. The van der Waals surface area contributed by atoms with E-state index in [-0.39, 0.29) is 11.4 Å². The van der Waals surface area contributed by atoms with Crippen LogP contribution < -0.4 is 10.0 Å². The van der Waals surface area contributed by atoms with Gasteiger partial charge in [0, 0.05) is 6.07 Å². The van der Waals surface area contributed by atoms with Crippen molar-refractivity contribution in [3.63, 3.8) is 0 Å². The van der Waals surface area contributed by atoms with Crippen LogP contribution in [0.15, 0.2) is 18.2 Å². The molecule has 0 aliphatic carbocycles. The van der Waals surface area contributed by atoms with Crippen LogP contribution in [0.2, 0.25) is 0 Å². The van der Waals surface area contributed by atoms with Crippen LogP contribution in [0.5, 0.6) is 0 Å². The standard InChI is InChI=1S/C10H12F2N2O3S/c1-2-18(16,17)13-6-10(15)14-9-4-3-7(11)5-8(9)12/h3-5,13H,2,6H2,1H3,(H,14,15). The molecule has 0 bridgehead atoms. The highest BCUT2D eigenvalue weighted by Gasteiger charge is 2.11. The summed E-state index contributed by atoms with van der Waals surface area (Å²) >= 11 is 0. The van der Waals surface area contributed by atoms with Crippen LogP contribution >= 0.6 is 0 Å². The molecule has 0 unspecified atom stereocenters. The van der Waals surface area contributed by atoms with Crippen LogP contribution in [-0.2, 0) is 14.8 Å². The fraction of sp³-hybridized carbons (Fsp3) is 0.300. The Morgan fingerprint density at radius 1 is 1.33 bits per heavy atom. The molecule has 0 spiro atoms. The van der Waals surface area contributed by atoms with Crippen LogP contribution in [0.1, 0.15) is 6.92 Å². The number of carbonyl (C=O) groups excluding carboxylic acids is 1. The Morgan fingerprint density at radius 3 is 2.56 bits per heavy atom. The fourth-order valence-corrected chi connectivity index (χ4v) is 1.62. The number of rotatable bonds is 5. The zero-order valence-corrected chi connectivity index (χ0v) is 10.4. The van der Waals surface area contributed by atoms with Crippen LogP contribution in [0.3, 0.4) is 0 Å². The van der Waals surface area contributed by atoms with Gasteiger partial charge >= 0.3 is 0 Å². The van der Waals surface area contributed by atoms with Crippen LogP contribution in [0, 0.1) is 11.6 Å². The van der Waals surface area contributed by atoms with E-state index in [1.807, 2.05) is 4.72 Å². The van der Waals surface area contributed by atoms with E-state index in [0.717, 1.165) is 12.1 Å². The van der Waals surface area contributed by atoms with Crippen molar-refractivity contribution in [3.05, 3.63) is 29.8 Å². The smallest absolute Gasteiger partial charge is 0.239 e. The van der Waals surface area contributed by atoms with Gasteiger partial charge in [0.15, 0.2) is 0 Å². The highest BCUT2D eigenvalue weighted by Crippen LogP contribution is 2.14. The number of amides is 1. The molecule has 100 valence electrons. The zero-order chi connectivity index (χ0) is 13.8. The van der Waals surface area contributed by atoms with Gasteiger partial charge in [0.1, 0.15) is 11.6 Å². The zero-order valence-electron chi connectivity index (χ0n) is 9.54. The lowest BCUT2D eigenvalue weighted by Gasteiger charge is -2.07. The first kappa shape index (κ1) is 14.5. The quantitative estimate of drug-likeness (QED) is 0.838. The molecule has 0 atom stereocenters. The van der Waals surface area contributed by atoms with Crippen LogP contribution in [0.25, 0.3) is 0 Å². The third-order valence-electron chi connectivity index (χ3n) is 2.04. The summed E-state index contributed by atoms with van der Waals surface area (Å²) in [6.45, 7) is 0.910. The highest BCUT2D eigenvalue weighted by atomic mass is 32.2. The predicted molar refractivity (Wildman–Crippen MR) is 62.5 cm³/mol. The largest absolute Gasteiger partial charge is 0.322 e. The number of benzene rings is 1. The Balaban J connectivity index is 2.60. The first-order valence-corrected chi connectivity index (χ1v) is 6.71. The maximum atomic E-state index is 13.2. The minimum Gasteiger partial charge on any atom is -0.322 e. The van der Waals surface area contributed by atoms with Crippen molar-refractivity contribution in [2.45, 2.75) is 6.92 Å².